The minimum absolute atomic E-state index is 1.21. The van der Waals surface area contributed by atoms with Crippen LogP contribution in [0.5, 0.6) is 0 Å². The monoisotopic (exact) mass is 409 g/mol. The van der Waals surface area contributed by atoms with E-state index in [2.05, 4.69) is 86.1 Å². The van der Waals surface area contributed by atoms with E-state index in [1.54, 1.807) is 6.08 Å². The summed E-state index contributed by atoms with van der Waals surface area (Å²) in [5.74, 6) is 0. The lowest BCUT2D eigenvalue weighted by Crippen LogP contribution is -1.87. The van der Waals surface area contributed by atoms with Crippen molar-refractivity contribution in [3.05, 3.63) is 108 Å². The normalized spacial score (nSPS) is 11.1. The SMILES string of the molecule is C=C/C=C(C)\C=C/C.CC.Cc1ccccc1-c1ccc2[nH]c3ccccc3c2c1C. The number of aryl methyl sites for hydroxylation is 2. The highest BCUT2D eigenvalue weighted by atomic mass is 14.7. The highest BCUT2D eigenvalue weighted by Gasteiger charge is 2.11. The average molecular weight is 410 g/mol. The van der Waals surface area contributed by atoms with Gasteiger partial charge in [0, 0.05) is 21.8 Å². The molecule has 160 valence electrons. The van der Waals surface area contributed by atoms with Gasteiger partial charge >= 0.3 is 0 Å². The first-order valence-corrected chi connectivity index (χ1v) is 11.0. The predicted molar refractivity (Wildman–Crippen MR) is 141 cm³/mol. The molecule has 0 unspecified atom stereocenters. The van der Waals surface area contributed by atoms with E-state index in [0.29, 0.717) is 0 Å². The van der Waals surface area contributed by atoms with Gasteiger partial charge < -0.3 is 4.98 Å². The fourth-order valence-corrected chi connectivity index (χ4v) is 3.79. The van der Waals surface area contributed by atoms with Crippen molar-refractivity contribution in [1.82, 2.24) is 4.98 Å². The summed E-state index contributed by atoms with van der Waals surface area (Å²) in [6.07, 6.45) is 7.81. The van der Waals surface area contributed by atoms with Crippen LogP contribution in [0.3, 0.4) is 0 Å². The third kappa shape index (κ3) is 5.64. The van der Waals surface area contributed by atoms with Crippen LogP contribution in [0.15, 0.2) is 97.1 Å². The van der Waals surface area contributed by atoms with Gasteiger partial charge in [-0.15, -0.1) is 0 Å². The summed E-state index contributed by atoms with van der Waals surface area (Å²) in [6.45, 7) is 16.0. The maximum absolute atomic E-state index is 3.57. The van der Waals surface area contributed by atoms with Gasteiger partial charge in [-0.2, -0.15) is 0 Å². The molecule has 0 amide bonds. The molecule has 0 spiro atoms. The summed E-state index contributed by atoms with van der Waals surface area (Å²) in [4.78, 5) is 3.51. The molecule has 31 heavy (non-hydrogen) atoms. The van der Waals surface area contributed by atoms with Crippen LogP contribution in [-0.2, 0) is 0 Å². The number of nitrogens with one attached hydrogen (secondary N) is 1. The first-order valence-electron chi connectivity index (χ1n) is 11.0. The number of benzene rings is 3. The molecule has 1 heterocycles. The smallest absolute Gasteiger partial charge is 0.0467 e. The molecule has 0 bridgehead atoms. The number of allylic oxidation sites excluding steroid dienone is 5. The second-order valence-corrected chi connectivity index (χ2v) is 7.29. The van der Waals surface area contributed by atoms with Gasteiger partial charge in [-0.3, -0.25) is 0 Å². The third-order valence-corrected chi connectivity index (χ3v) is 5.18. The summed E-state index contributed by atoms with van der Waals surface area (Å²) in [7, 11) is 0. The van der Waals surface area contributed by atoms with Crippen LogP contribution in [-0.4, -0.2) is 4.98 Å². The topological polar surface area (TPSA) is 15.8 Å². The molecular weight excluding hydrogens is 374 g/mol. The zero-order valence-corrected chi connectivity index (χ0v) is 19.8. The van der Waals surface area contributed by atoms with Crippen molar-refractivity contribution in [3.8, 4) is 11.1 Å². The minimum atomic E-state index is 1.21. The van der Waals surface area contributed by atoms with Gasteiger partial charge in [-0.25, -0.2) is 0 Å². The largest absolute Gasteiger partial charge is 0.355 e. The number of H-pyrrole nitrogens is 1. The van der Waals surface area contributed by atoms with Crippen LogP contribution in [0.25, 0.3) is 32.9 Å². The standard InChI is InChI=1S/C20H17N.C8H12.C2H6/c1-13-7-3-4-8-15(13)16-11-12-19-20(14(16)2)17-9-5-6-10-18(17)21-19;1-4-6-8(3)7-5-2;1-2/h3-12,21H,1-2H3;4-7H,1H2,2-3H3;1-2H3/b;7-5-,8-6-;. The van der Waals surface area contributed by atoms with Crippen LogP contribution in [0.2, 0.25) is 0 Å². The summed E-state index contributed by atoms with van der Waals surface area (Å²) < 4.78 is 0. The number of rotatable bonds is 3. The van der Waals surface area contributed by atoms with Crippen molar-refractivity contribution in [2.24, 2.45) is 0 Å². The Hall–Kier alpha value is -3.32. The quantitative estimate of drug-likeness (QED) is 0.324. The molecule has 0 aliphatic rings. The first kappa shape index (κ1) is 24.0. The minimum Gasteiger partial charge on any atom is -0.355 e. The van der Waals surface area contributed by atoms with Crippen molar-refractivity contribution < 1.29 is 0 Å². The van der Waals surface area contributed by atoms with E-state index in [0.717, 1.165) is 0 Å². The Morgan fingerprint density at radius 2 is 1.52 bits per heavy atom. The highest BCUT2D eigenvalue weighted by molar-refractivity contribution is 6.10. The van der Waals surface area contributed by atoms with Gasteiger partial charge in [-0.1, -0.05) is 98.8 Å². The molecule has 3 aromatic carbocycles. The molecule has 0 atom stereocenters. The Balaban J connectivity index is 0.000000292. The van der Waals surface area contributed by atoms with Gasteiger partial charge in [0.25, 0.3) is 0 Å². The number of para-hydroxylation sites is 1. The van der Waals surface area contributed by atoms with Crippen LogP contribution in [0.4, 0.5) is 0 Å². The summed E-state index contributed by atoms with van der Waals surface area (Å²) in [5.41, 5.74) is 8.97. The molecule has 1 aromatic heterocycles. The zero-order valence-electron chi connectivity index (χ0n) is 19.8. The Kier molecular flexibility index (Phi) is 9.09. The Bertz CT molecular complexity index is 1200. The number of fused-ring (bicyclic) bond motifs is 3. The Morgan fingerprint density at radius 1 is 0.839 bits per heavy atom. The van der Waals surface area contributed by atoms with Crippen molar-refractivity contribution >= 4 is 21.8 Å². The Labute approximate surface area is 187 Å². The molecule has 0 saturated heterocycles. The fraction of sp³-hybridized carbons (Fsp3) is 0.200. The second kappa shape index (κ2) is 11.8. The van der Waals surface area contributed by atoms with Gasteiger partial charge in [0.2, 0.25) is 0 Å². The van der Waals surface area contributed by atoms with E-state index < -0.39 is 0 Å². The lowest BCUT2D eigenvalue weighted by molar-refractivity contribution is 1.43. The first-order chi connectivity index (χ1) is 15.1. The van der Waals surface area contributed by atoms with E-state index in [1.165, 1.54) is 49.6 Å². The summed E-state index contributed by atoms with van der Waals surface area (Å²) in [5, 5.41) is 2.65. The fourth-order valence-electron chi connectivity index (χ4n) is 3.79. The maximum atomic E-state index is 3.57. The molecule has 0 aliphatic carbocycles. The second-order valence-electron chi connectivity index (χ2n) is 7.29. The highest BCUT2D eigenvalue weighted by Crippen LogP contribution is 2.35. The molecule has 1 heteroatoms. The third-order valence-electron chi connectivity index (χ3n) is 5.18. The van der Waals surface area contributed by atoms with Gasteiger partial charge in [-0.05, 0) is 62.1 Å². The van der Waals surface area contributed by atoms with E-state index in [4.69, 9.17) is 0 Å². The lowest BCUT2D eigenvalue weighted by atomic mass is 9.94. The average Bonchev–Trinajstić information content (AvgIpc) is 3.16. The maximum Gasteiger partial charge on any atom is 0.0467 e. The number of aromatic nitrogens is 1. The summed E-state index contributed by atoms with van der Waals surface area (Å²) >= 11 is 0. The van der Waals surface area contributed by atoms with E-state index in [-0.39, 0.29) is 0 Å². The lowest BCUT2D eigenvalue weighted by Gasteiger charge is -2.10. The predicted octanol–water partition coefficient (Wildman–Crippen LogP) is 9.33. The number of hydrogen-bond acceptors (Lipinski definition) is 0. The van der Waals surface area contributed by atoms with Gasteiger partial charge in [0.05, 0.1) is 0 Å². The number of hydrogen-bond donors (Lipinski definition) is 1. The van der Waals surface area contributed by atoms with Crippen LogP contribution >= 0.6 is 0 Å². The van der Waals surface area contributed by atoms with Crippen molar-refractivity contribution in [2.45, 2.75) is 41.5 Å². The van der Waals surface area contributed by atoms with E-state index in [1.807, 2.05) is 45.9 Å². The van der Waals surface area contributed by atoms with E-state index in [9.17, 15) is 0 Å². The molecule has 1 nitrogen and oxygen atoms in total. The molecule has 1 N–H and O–H groups in total. The summed E-state index contributed by atoms with van der Waals surface area (Å²) in [6, 6.07) is 21.5. The molecular formula is C30H35N. The zero-order chi connectivity index (χ0) is 22.8. The van der Waals surface area contributed by atoms with E-state index >= 15 is 0 Å². The molecule has 0 radical (unpaired) electrons. The molecule has 0 aliphatic heterocycles. The van der Waals surface area contributed by atoms with Crippen molar-refractivity contribution in [1.29, 1.82) is 0 Å². The molecule has 4 aromatic rings. The molecule has 0 fully saturated rings. The van der Waals surface area contributed by atoms with Gasteiger partial charge in [0.1, 0.15) is 0 Å². The van der Waals surface area contributed by atoms with Crippen molar-refractivity contribution in [3.63, 3.8) is 0 Å². The molecule has 4 rings (SSSR count). The van der Waals surface area contributed by atoms with Crippen LogP contribution in [0.1, 0.15) is 38.8 Å². The van der Waals surface area contributed by atoms with Crippen molar-refractivity contribution in [2.75, 3.05) is 0 Å². The van der Waals surface area contributed by atoms with Gasteiger partial charge in [0.15, 0.2) is 0 Å². The molecule has 0 saturated carbocycles. The number of aromatic amines is 1. The Morgan fingerprint density at radius 3 is 2.19 bits per heavy atom. The van der Waals surface area contributed by atoms with Crippen LogP contribution < -0.4 is 0 Å². The van der Waals surface area contributed by atoms with Crippen LogP contribution in [0, 0.1) is 13.8 Å².